The lowest BCUT2D eigenvalue weighted by atomic mass is 10.0. The fourth-order valence-electron chi connectivity index (χ4n) is 3.89. The Hall–Kier alpha value is -0.770. The van der Waals surface area contributed by atoms with Crippen LogP contribution in [0.2, 0.25) is 10.0 Å². The zero-order valence-electron chi connectivity index (χ0n) is 11.9. The summed E-state index contributed by atoms with van der Waals surface area (Å²) in [6.45, 7) is 0. The quantitative estimate of drug-likeness (QED) is 0.901. The van der Waals surface area contributed by atoms with Crippen LogP contribution >= 0.6 is 23.2 Å². The van der Waals surface area contributed by atoms with Gasteiger partial charge in [0.15, 0.2) is 0 Å². The largest absolute Gasteiger partial charge is 0.393 e. The third kappa shape index (κ3) is 2.79. The summed E-state index contributed by atoms with van der Waals surface area (Å²) in [7, 11) is 1.84. The number of carbonyl (C=O) groups excluding carboxylic acids is 1. The molecule has 2 saturated carbocycles. The standard InChI is InChI=1S/C16H19Cl2NO2/c1-19(11-5-9-7-12(20)8-10(9)6-11)16(21)13-3-2-4-14(17)15(13)18/h2-4,9-12,20H,5-8H2,1H3/t9-,10+,11?,12?. The van der Waals surface area contributed by atoms with Crippen LogP contribution in [-0.4, -0.2) is 35.1 Å². The van der Waals surface area contributed by atoms with Crippen molar-refractivity contribution in [2.24, 2.45) is 11.8 Å². The maximum Gasteiger partial charge on any atom is 0.255 e. The molecule has 2 fully saturated rings. The number of halogens is 2. The molecule has 0 spiro atoms. The molecular weight excluding hydrogens is 309 g/mol. The van der Waals surface area contributed by atoms with E-state index in [1.54, 1.807) is 23.1 Å². The summed E-state index contributed by atoms with van der Waals surface area (Å²) in [6, 6.07) is 5.37. The van der Waals surface area contributed by atoms with Gasteiger partial charge < -0.3 is 10.0 Å². The van der Waals surface area contributed by atoms with E-state index in [0.717, 1.165) is 25.7 Å². The van der Waals surface area contributed by atoms with Crippen LogP contribution in [0.5, 0.6) is 0 Å². The minimum absolute atomic E-state index is 0.0759. The number of rotatable bonds is 2. The lowest BCUT2D eigenvalue weighted by molar-refractivity contribution is 0.0722. The average molecular weight is 328 g/mol. The van der Waals surface area contributed by atoms with Crippen LogP contribution in [0.3, 0.4) is 0 Å². The number of hydrogen-bond acceptors (Lipinski definition) is 2. The van der Waals surface area contributed by atoms with Gasteiger partial charge in [-0.05, 0) is 49.7 Å². The van der Waals surface area contributed by atoms with Crippen molar-refractivity contribution in [3.8, 4) is 0 Å². The first-order chi connectivity index (χ1) is 9.97. The predicted molar refractivity (Wildman–Crippen MR) is 83.8 cm³/mol. The number of aliphatic hydroxyl groups excluding tert-OH is 1. The van der Waals surface area contributed by atoms with Crippen molar-refractivity contribution < 1.29 is 9.90 Å². The molecule has 4 atom stereocenters. The van der Waals surface area contributed by atoms with Crippen molar-refractivity contribution >= 4 is 29.1 Å². The molecule has 0 bridgehead atoms. The second kappa shape index (κ2) is 5.79. The molecule has 0 aromatic heterocycles. The summed E-state index contributed by atoms with van der Waals surface area (Å²) in [4.78, 5) is 14.4. The zero-order valence-corrected chi connectivity index (χ0v) is 13.4. The number of hydrogen-bond donors (Lipinski definition) is 1. The number of benzene rings is 1. The van der Waals surface area contributed by atoms with Crippen LogP contribution in [0.4, 0.5) is 0 Å². The normalized spacial score (nSPS) is 31.2. The van der Waals surface area contributed by atoms with E-state index >= 15 is 0 Å². The van der Waals surface area contributed by atoms with Crippen molar-refractivity contribution in [2.45, 2.75) is 37.8 Å². The summed E-state index contributed by atoms with van der Waals surface area (Å²) in [5, 5.41) is 10.4. The highest BCUT2D eigenvalue weighted by molar-refractivity contribution is 6.43. The molecule has 1 aromatic carbocycles. The van der Waals surface area contributed by atoms with E-state index in [1.165, 1.54) is 0 Å². The Balaban J connectivity index is 1.73. The monoisotopic (exact) mass is 327 g/mol. The van der Waals surface area contributed by atoms with Gasteiger partial charge in [-0.15, -0.1) is 0 Å². The molecule has 114 valence electrons. The fourth-order valence-corrected chi connectivity index (χ4v) is 4.27. The first-order valence-corrected chi connectivity index (χ1v) is 8.12. The van der Waals surface area contributed by atoms with E-state index in [2.05, 4.69) is 0 Å². The molecule has 2 aliphatic rings. The molecule has 1 aromatic rings. The van der Waals surface area contributed by atoms with Gasteiger partial charge in [-0.2, -0.15) is 0 Å². The fraction of sp³-hybridized carbons (Fsp3) is 0.562. The highest BCUT2D eigenvalue weighted by Gasteiger charge is 2.43. The first kappa shape index (κ1) is 15.1. The van der Waals surface area contributed by atoms with Crippen molar-refractivity contribution in [3.63, 3.8) is 0 Å². The summed E-state index contributed by atoms with van der Waals surface area (Å²) in [5.74, 6) is 1.03. The molecule has 2 unspecified atom stereocenters. The van der Waals surface area contributed by atoms with Crippen molar-refractivity contribution in [3.05, 3.63) is 33.8 Å². The second-order valence-corrected chi connectivity index (χ2v) is 7.07. The highest BCUT2D eigenvalue weighted by Crippen LogP contribution is 2.45. The van der Waals surface area contributed by atoms with Crippen molar-refractivity contribution in [2.75, 3.05) is 7.05 Å². The van der Waals surface area contributed by atoms with Gasteiger partial charge >= 0.3 is 0 Å². The SMILES string of the molecule is CN(C(=O)c1cccc(Cl)c1Cl)C1C[C@H]2CC(O)C[C@H]2C1. The third-order valence-corrected chi connectivity index (χ3v) is 5.83. The molecule has 0 radical (unpaired) electrons. The molecule has 2 aliphatic carbocycles. The van der Waals surface area contributed by atoms with E-state index in [9.17, 15) is 9.90 Å². The summed E-state index contributed by atoms with van der Waals surface area (Å²) in [5.41, 5.74) is 0.462. The maximum atomic E-state index is 12.6. The third-order valence-electron chi connectivity index (χ3n) is 5.02. The topological polar surface area (TPSA) is 40.5 Å². The zero-order chi connectivity index (χ0) is 15.1. The van der Waals surface area contributed by atoms with Gasteiger partial charge in [0.2, 0.25) is 0 Å². The number of nitrogens with zero attached hydrogens (tertiary/aromatic N) is 1. The predicted octanol–water partition coefficient (Wildman–Crippen LogP) is 3.61. The van der Waals surface area contributed by atoms with Gasteiger partial charge in [-0.3, -0.25) is 4.79 Å². The van der Waals surface area contributed by atoms with Crippen molar-refractivity contribution in [1.82, 2.24) is 4.90 Å². The smallest absolute Gasteiger partial charge is 0.255 e. The van der Waals surface area contributed by atoms with Crippen molar-refractivity contribution in [1.29, 1.82) is 0 Å². The highest BCUT2D eigenvalue weighted by atomic mass is 35.5. The number of amides is 1. The van der Waals surface area contributed by atoms with Gasteiger partial charge in [0.1, 0.15) is 0 Å². The lowest BCUT2D eigenvalue weighted by Crippen LogP contribution is -2.36. The molecule has 3 nitrogen and oxygen atoms in total. The first-order valence-electron chi connectivity index (χ1n) is 7.36. The Morgan fingerprint density at radius 1 is 1.19 bits per heavy atom. The van der Waals surface area contributed by atoms with Gasteiger partial charge in [0.05, 0.1) is 21.7 Å². The Labute approximate surface area is 134 Å². The van der Waals surface area contributed by atoms with E-state index in [0.29, 0.717) is 27.4 Å². The number of aliphatic hydroxyl groups is 1. The van der Waals surface area contributed by atoms with Crippen LogP contribution in [0.1, 0.15) is 36.0 Å². The van der Waals surface area contributed by atoms with Crippen LogP contribution in [0, 0.1) is 11.8 Å². The molecule has 0 saturated heterocycles. The molecule has 0 heterocycles. The summed E-state index contributed by atoms with van der Waals surface area (Å²) < 4.78 is 0. The lowest BCUT2D eigenvalue weighted by Gasteiger charge is -2.26. The second-order valence-electron chi connectivity index (χ2n) is 6.29. The number of fused-ring (bicyclic) bond motifs is 1. The minimum Gasteiger partial charge on any atom is -0.393 e. The van der Waals surface area contributed by atoms with Crippen LogP contribution in [0.25, 0.3) is 0 Å². The molecule has 3 rings (SSSR count). The molecule has 5 heteroatoms. The van der Waals surface area contributed by atoms with Crippen LogP contribution < -0.4 is 0 Å². The van der Waals surface area contributed by atoms with Gasteiger partial charge in [-0.1, -0.05) is 29.3 Å². The molecule has 21 heavy (non-hydrogen) atoms. The summed E-state index contributed by atoms with van der Waals surface area (Å²) >= 11 is 12.1. The Morgan fingerprint density at radius 3 is 2.43 bits per heavy atom. The molecular formula is C16H19Cl2NO2. The van der Waals surface area contributed by atoms with E-state index < -0.39 is 0 Å². The van der Waals surface area contributed by atoms with E-state index in [-0.39, 0.29) is 18.1 Å². The minimum atomic E-state index is -0.149. The van der Waals surface area contributed by atoms with Gasteiger partial charge in [-0.25, -0.2) is 0 Å². The van der Waals surface area contributed by atoms with Gasteiger partial charge in [0.25, 0.3) is 5.91 Å². The number of carbonyl (C=O) groups is 1. The summed E-state index contributed by atoms with van der Waals surface area (Å²) in [6.07, 6.45) is 3.55. The van der Waals surface area contributed by atoms with Crippen LogP contribution in [-0.2, 0) is 0 Å². The Kier molecular flexibility index (Phi) is 4.17. The molecule has 0 aliphatic heterocycles. The maximum absolute atomic E-state index is 12.6. The Morgan fingerprint density at radius 2 is 1.81 bits per heavy atom. The molecule has 1 N–H and O–H groups in total. The Bertz CT molecular complexity index is 549. The van der Waals surface area contributed by atoms with Gasteiger partial charge in [0, 0.05) is 13.1 Å². The van der Waals surface area contributed by atoms with E-state index in [1.807, 2.05) is 7.05 Å². The average Bonchev–Trinajstić information content (AvgIpc) is 2.97. The van der Waals surface area contributed by atoms with E-state index in [4.69, 9.17) is 23.2 Å². The molecule has 1 amide bonds. The van der Waals surface area contributed by atoms with Crippen LogP contribution in [0.15, 0.2) is 18.2 Å².